The van der Waals surface area contributed by atoms with Gasteiger partial charge in [0.2, 0.25) is 5.91 Å². The Hall–Kier alpha value is -0.620. The van der Waals surface area contributed by atoms with Crippen LogP contribution in [0.25, 0.3) is 0 Å². The van der Waals surface area contributed by atoms with E-state index in [1.54, 1.807) is 0 Å². The van der Waals surface area contributed by atoms with Crippen LogP contribution in [-0.4, -0.2) is 26.3 Å². The second-order valence-electron chi connectivity index (χ2n) is 9.54. The number of carbonyl (C=O) groups excluding carboxylic acids is 3. The molecule has 12 heteroatoms. The fourth-order valence-electron chi connectivity index (χ4n) is 3.77. The van der Waals surface area contributed by atoms with Gasteiger partial charge in [0.05, 0.1) is 4.90 Å². The Balaban J connectivity index is -0.00000119. The molecule has 1 aromatic carbocycles. The number of carbonyl (C=O) groups is 3. The molecule has 0 saturated carbocycles. The van der Waals surface area contributed by atoms with Gasteiger partial charge in [0.25, 0.3) is 10.0 Å². The molecular weight excluding hydrogens is 554 g/mol. The molecule has 1 aromatic rings. The molecular formula is C28H46N2Na2O7S. The molecule has 40 heavy (non-hydrogen) atoms. The first-order valence-electron chi connectivity index (χ1n) is 13.9. The van der Waals surface area contributed by atoms with Crippen molar-refractivity contribution in [1.82, 2.24) is 4.72 Å². The van der Waals surface area contributed by atoms with Crippen molar-refractivity contribution < 1.29 is 92.1 Å². The number of amides is 1. The van der Waals surface area contributed by atoms with Crippen molar-refractivity contribution in [3.8, 4) is 0 Å². The first-order chi connectivity index (χ1) is 18.1. The van der Waals surface area contributed by atoms with Gasteiger partial charge in [-0.3, -0.25) is 4.79 Å². The van der Waals surface area contributed by atoms with Gasteiger partial charge in [0.15, 0.2) is 0 Å². The van der Waals surface area contributed by atoms with Crippen molar-refractivity contribution in [3.63, 3.8) is 0 Å². The molecule has 0 aromatic heterocycles. The average molecular weight is 601 g/mol. The number of nitrogen functional groups attached to an aromatic ring is 1. The third kappa shape index (κ3) is 27.5. The summed E-state index contributed by atoms with van der Waals surface area (Å²) in [6, 6.07) is 5.82. The molecule has 0 radical (unpaired) electrons. The molecule has 0 heterocycles. The number of sulfonamides is 1. The Labute approximate surface area is 285 Å². The van der Waals surface area contributed by atoms with E-state index < -0.39 is 40.7 Å². The summed E-state index contributed by atoms with van der Waals surface area (Å²) in [5, 5.41) is 19.0. The fraction of sp³-hybridized carbons (Fsp3) is 0.679. The average Bonchev–Trinajstić information content (AvgIpc) is 2.85. The molecule has 1 amide bonds. The maximum Gasteiger partial charge on any atom is 1.00 e. The van der Waals surface area contributed by atoms with Crippen LogP contribution >= 0.6 is 0 Å². The number of anilines is 1. The normalized spacial score (nSPS) is 10.3. The van der Waals surface area contributed by atoms with Crippen molar-refractivity contribution in [2.75, 3.05) is 5.73 Å². The number of aliphatic carboxylic acids is 2. The molecule has 3 N–H and O–H groups in total. The summed E-state index contributed by atoms with van der Waals surface area (Å²) >= 11 is 0. The number of benzene rings is 1. The monoisotopic (exact) mass is 600 g/mol. The first kappa shape index (κ1) is 43.8. The van der Waals surface area contributed by atoms with Gasteiger partial charge in [-0.15, -0.1) is 0 Å². The van der Waals surface area contributed by atoms with Crippen molar-refractivity contribution in [2.24, 2.45) is 0 Å². The second kappa shape index (κ2) is 28.5. The van der Waals surface area contributed by atoms with Crippen LogP contribution in [0.4, 0.5) is 5.69 Å². The summed E-state index contributed by atoms with van der Waals surface area (Å²) < 4.78 is 26.4. The van der Waals surface area contributed by atoms with Crippen LogP contribution in [0.15, 0.2) is 29.2 Å². The number of hydrogen-bond acceptors (Lipinski definition) is 8. The summed E-state index contributed by atoms with van der Waals surface area (Å²) in [7, 11) is -3.80. The second-order valence-corrected chi connectivity index (χ2v) is 11.2. The SMILES string of the molecule is CCCCCCCCCCCCCCCCCC(=O)NS(=O)(=O)c1ccc(N)cc1.O=C([O-])CCC(=O)[O-].[Na+].[Na+]. The molecule has 218 valence electrons. The fourth-order valence-corrected chi connectivity index (χ4v) is 4.78. The van der Waals surface area contributed by atoms with E-state index in [1.807, 2.05) is 0 Å². The topological polar surface area (TPSA) is 170 Å². The largest absolute Gasteiger partial charge is 1.00 e. The third-order valence-corrected chi connectivity index (χ3v) is 7.37. The molecule has 0 aliphatic rings. The number of carboxylic acid groups (broad SMARTS) is 2. The summed E-state index contributed by atoms with van der Waals surface area (Å²) in [5.41, 5.74) is 6.04. The molecule has 0 aliphatic heterocycles. The molecule has 0 bridgehead atoms. The van der Waals surface area contributed by atoms with Crippen molar-refractivity contribution in [3.05, 3.63) is 24.3 Å². The van der Waals surface area contributed by atoms with Gasteiger partial charge < -0.3 is 25.5 Å². The Morgan fingerprint density at radius 2 is 1.00 bits per heavy atom. The maximum atomic E-state index is 12.1. The van der Waals surface area contributed by atoms with Crippen LogP contribution in [0, 0.1) is 0 Å². The molecule has 1 rings (SSSR count). The Kier molecular flexibility index (Phi) is 31.2. The van der Waals surface area contributed by atoms with Gasteiger partial charge in [-0.2, -0.15) is 0 Å². The zero-order chi connectivity index (χ0) is 28.7. The predicted octanol–water partition coefficient (Wildman–Crippen LogP) is -2.39. The molecule has 0 unspecified atom stereocenters. The van der Waals surface area contributed by atoms with Crippen LogP contribution in [-0.2, 0) is 24.4 Å². The molecule has 0 aliphatic carbocycles. The maximum absolute atomic E-state index is 12.1. The Morgan fingerprint density at radius 3 is 1.35 bits per heavy atom. The van der Waals surface area contributed by atoms with Gasteiger partial charge in [-0.1, -0.05) is 96.8 Å². The number of unbranched alkanes of at least 4 members (excludes halogenated alkanes) is 14. The van der Waals surface area contributed by atoms with Gasteiger partial charge in [-0.05, 0) is 43.5 Å². The number of rotatable bonds is 21. The van der Waals surface area contributed by atoms with Crippen molar-refractivity contribution in [1.29, 1.82) is 0 Å². The molecule has 0 saturated heterocycles. The summed E-state index contributed by atoms with van der Waals surface area (Å²) in [5.74, 6) is -3.18. The first-order valence-corrected chi connectivity index (χ1v) is 15.4. The zero-order valence-corrected chi connectivity index (χ0v) is 29.7. The minimum atomic E-state index is -3.80. The van der Waals surface area contributed by atoms with E-state index in [2.05, 4.69) is 11.6 Å². The van der Waals surface area contributed by atoms with E-state index in [0.29, 0.717) is 5.69 Å². The van der Waals surface area contributed by atoms with Gasteiger partial charge in [-0.25, -0.2) is 13.1 Å². The van der Waals surface area contributed by atoms with Crippen LogP contribution < -0.4 is 79.8 Å². The minimum Gasteiger partial charge on any atom is -0.550 e. The summed E-state index contributed by atoms with van der Waals surface area (Å²) in [6.07, 6.45) is 18.2. The van der Waals surface area contributed by atoms with E-state index in [4.69, 9.17) is 5.73 Å². The Bertz CT molecular complexity index is 884. The molecule has 0 fully saturated rings. The van der Waals surface area contributed by atoms with Gasteiger partial charge >= 0.3 is 59.1 Å². The van der Waals surface area contributed by atoms with Crippen LogP contribution in [0.2, 0.25) is 0 Å². The quantitative estimate of drug-likeness (QED) is 0.0895. The molecule has 0 atom stereocenters. The third-order valence-electron chi connectivity index (χ3n) is 5.98. The van der Waals surface area contributed by atoms with E-state index in [0.717, 1.165) is 19.3 Å². The summed E-state index contributed by atoms with van der Waals surface area (Å²) in [4.78, 5) is 31.0. The standard InChI is InChI=1S/C24H42N2O3S.C4H6O4.2Na/c1-2-3-4-5-6-7-8-9-10-11-12-13-14-15-16-17-24(27)26-30(28,29)23-20-18-22(25)19-21-23;5-3(6)1-2-4(7)8;;/h18-21H,2-17,25H2,1H3,(H,26,27);1-2H2,(H,5,6)(H,7,8);;/q;;2*+1/p-2. The van der Waals surface area contributed by atoms with E-state index >= 15 is 0 Å². The Morgan fingerprint density at radius 1 is 0.650 bits per heavy atom. The van der Waals surface area contributed by atoms with E-state index in [-0.39, 0.29) is 70.4 Å². The number of hydrogen-bond donors (Lipinski definition) is 2. The van der Waals surface area contributed by atoms with E-state index in [9.17, 15) is 33.0 Å². The van der Waals surface area contributed by atoms with Gasteiger partial charge in [0, 0.05) is 24.0 Å². The molecule has 9 nitrogen and oxygen atoms in total. The number of carboxylic acids is 2. The van der Waals surface area contributed by atoms with Gasteiger partial charge in [0.1, 0.15) is 0 Å². The molecule has 0 spiro atoms. The number of nitrogens with two attached hydrogens (primary N) is 1. The number of nitrogens with one attached hydrogen (secondary N) is 1. The van der Waals surface area contributed by atoms with E-state index in [1.165, 1.54) is 101 Å². The smallest absolute Gasteiger partial charge is 0.550 e. The van der Waals surface area contributed by atoms with Crippen molar-refractivity contribution >= 4 is 33.6 Å². The van der Waals surface area contributed by atoms with Crippen molar-refractivity contribution in [2.45, 2.75) is 127 Å². The van der Waals surface area contributed by atoms with Crippen LogP contribution in [0.3, 0.4) is 0 Å². The van der Waals surface area contributed by atoms with Crippen LogP contribution in [0.1, 0.15) is 122 Å². The van der Waals surface area contributed by atoms with Crippen LogP contribution in [0.5, 0.6) is 0 Å². The minimum absolute atomic E-state index is 0. The summed E-state index contributed by atoms with van der Waals surface area (Å²) in [6.45, 7) is 2.26. The predicted molar refractivity (Wildman–Crippen MR) is 145 cm³/mol. The zero-order valence-electron chi connectivity index (χ0n) is 24.9.